The van der Waals surface area contributed by atoms with Crippen LogP contribution in [0.15, 0.2) is 6.07 Å². The molecule has 17 heavy (non-hydrogen) atoms. The van der Waals surface area contributed by atoms with Crippen LogP contribution in [0.4, 0.5) is 0 Å². The molecule has 0 spiro atoms. The average molecular weight is 248 g/mol. The van der Waals surface area contributed by atoms with Crippen molar-refractivity contribution >= 4 is 5.97 Å². The van der Waals surface area contributed by atoms with Gasteiger partial charge in [-0.3, -0.25) is 0 Å². The zero-order valence-corrected chi connectivity index (χ0v) is 8.02. The van der Waals surface area contributed by atoms with Crippen LogP contribution in [-0.4, -0.2) is 41.9 Å². The molecule has 9 nitrogen and oxygen atoms in total. The van der Waals surface area contributed by atoms with Gasteiger partial charge in [-0.15, -0.1) is 0 Å². The molecule has 94 valence electrons. The van der Waals surface area contributed by atoms with Gasteiger partial charge in [0.15, 0.2) is 11.5 Å². The minimum absolute atomic E-state index is 0.398. The molecule has 0 saturated carbocycles. The maximum absolute atomic E-state index is 10.6. The predicted octanol–water partition coefficient (Wildman–Crippen LogP) is -0.772. The third-order valence-corrected chi connectivity index (χ3v) is 2.01. The molecule has 9 heteroatoms. The summed E-state index contributed by atoms with van der Waals surface area (Å²) < 4.78 is 0. The summed E-state index contributed by atoms with van der Waals surface area (Å²) >= 11 is 0. The highest BCUT2D eigenvalue weighted by molar-refractivity contribution is 5.80. The third kappa shape index (κ3) is 1.78. The summed E-state index contributed by atoms with van der Waals surface area (Å²) in [6, 6.07) is 0.398. The van der Waals surface area contributed by atoms with Crippen molar-refractivity contribution < 1.29 is 45.6 Å². The molecule has 1 aromatic rings. The number of carbonyl (C=O) groups is 1. The van der Waals surface area contributed by atoms with Crippen LogP contribution in [0.2, 0.25) is 0 Å². The van der Waals surface area contributed by atoms with Gasteiger partial charge in [-0.25, -0.2) is 10.1 Å². The first kappa shape index (κ1) is 12.8. The minimum atomic E-state index is -3.41. The molecule has 1 aromatic carbocycles. The molecule has 0 bridgehead atoms. The number of hydrogen-bond donors (Lipinski definition) is 7. The van der Waals surface area contributed by atoms with Gasteiger partial charge in [-0.05, 0) is 6.07 Å². The van der Waals surface area contributed by atoms with E-state index in [0.29, 0.717) is 6.07 Å². The van der Waals surface area contributed by atoms with Crippen LogP contribution < -0.4 is 0 Å². The van der Waals surface area contributed by atoms with Gasteiger partial charge in [0.05, 0.1) is 5.56 Å². The fourth-order valence-electron chi connectivity index (χ4n) is 1.10. The van der Waals surface area contributed by atoms with Crippen LogP contribution in [0.1, 0.15) is 5.56 Å². The van der Waals surface area contributed by atoms with Gasteiger partial charge < -0.3 is 30.6 Å². The number of hydrogen-bond acceptors (Lipinski definition) is 8. The minimum Gasteiger partial charge on any atom is -0.504 e. The zero-order chi connectivity index (χ0) is 13.4. The van der Waals surface area contributed by atoms with Crippen LogP contribution in [0, 0.1) is 0 Å². The summed E-state index contributed by atoms with van der Waals surface area (Å²) in [5.74, 6) is -10.3. The van der Waals surface area contributed by atoms with Gasteiger partial charge in [0.2, 0.25) is 11.5 Å². The van der Waals surface area contributed by atoms with E-state index in [-0.39, 0.29) is 0 Å². The molecule has 1 atom stereocenters. The lowest BCUT2D eigenvalue weighted by molar-refractivity contribution is -0.387. The van der Waals surface area contributed by atoms with E-state index in [1.807, 2.05) is 0 Å². The number of aliphatic hydroxyl groups is 1. The van der Waals surface area contributed by atoms with Gasteiger partial charge >= 0.3 is 11.8 Å². The highest BCUT2D eigenvalue weighted by atomic mass is 17.1. The molecule has 0 aliphatic heterocycles. The zero-order valence-electron chi connectivity index (χ0n) is 8.02. The fraction of sp³-hybridized carbons (Fsp3) is 0.125. The number of aromatic hydroxyl groups is 4. The molecule has 1 unspecified atom stereocenters. The van der Waals surface area contributed by atoms with Crippen molar-refractivity contribution in [3.05, 3.63) is 11.6 Å². The Morgan fingerprint density at radius 1 is 1.12 bits per heavy atom. The molecule has 1 rings (SSSR count). The van der Waals surface area contributed by atoms with Crippen molar-refractivity contribution in [3.63, 3.8) is 0 Å². The van der Waals surface area contributed by atoms with Gasteiger partial charge in [0.25, 0.3) is 0 Å². The highest BCUT2D eigenvalue weighted by Gasteiger charge is 2.44. The molecule has 0 amide bonds. The predicted molar refractivity (Wildman–Crippen MR) is 48.3 cm³/mol. The number of carboxylic acids is 1. The molecule has 0 fully saturated rings. The molecule has 0 aromatic heterocycles. The lowest BCUT2D eigenvalue weighted by atomic mass is 10.0. The summed E-state index contributed by atoms with van der Waals surface area (Å²) in [5, 5.41) is 62.7. The SMILES string of the molecule is O=C(O)C(O)(OO)c1cc(O)c(O)c(O)c1O. The maximum Gasteiger partial charge on any atom is 0.372 e. The van der Waals surface area contributed by atoms with E-state index >= 15 is 0 Å². The Kier molecular flexibility index (Phi) is 3.00. The summed E-state index contributed by atoms with van der Waals surface area (Å²) in [6.07, 6.45) is 0. The van der Waals surface area contributed by atoms with Crippen molar-refractivity contribution in [2.24, 2.45) is 0 Å². The number of carboxylic acid groups (broad SMARTS) is 1. The lowest BCUT2D eigenvalue weighted by Crippen LogP contribution is -2.37. The Bertz CT molecular complexity index is 469. The third-order valence-electron chi connectivity index (χ3n) is 2.01. The lowest BCUT2D eigenvalue weighted by Gasteiger charge is -2.21. The van der Waals surface area contributed by atoms with Crippen LogP contribution in [0.5, 0.6) is 23.0 Å². The Morgan fingerprint density at radius 2 is 1.65 bits per heavy atom. The van der Waals surface area contributed by atoms with E-state index in [2.05, 4.69) is 4.89 Å². The Hall–Kier alpha value is -2.23. The topological polar surface area (TPSA) is 168 Å². The number of benzene rings is 1. The molecule has 0 radical (unpaired) electrons. The second kappa shape index (κ2) is 3.97. The van der Waals surface area contributed by atoms with Gasteiger partial charge in [-0.2, -0.15) is 4.89 Å². The van der Waals surface area contributed by atoms with Gasteiger partial charge in [-0.1, -0.05) is 0 Å². The molecule has 0 heterocycles. The van der Waals surface area contributed by atoms with E-state index in [9.17, 15) is 15.0 Å². The summed E-state index contributed by atoms with van der Waals surface area (Å²) in [7, 11) is 0. The number of aliphatic carboxylic acids is 1. The molecule has 0 saturated heterocycles. The van der Waals surface area contributed by atoms with Crippen molar-refractivity contribution in [1.82, 2.24) is 0 Å². The van der Waals surface area contributed by atoms with Crippen molar-refractivity contribution in [3.8, 4) is 23.0 Å². The summed E-state index contributed by atoms with van der Waals surface area (Å²) in [6.45, 7) is 0. The molecule has 7 N–H and O–H groups in total. The van der Waals surface area contributed by atoms with Crippen LogP contribution in [0.3, 0.4) is 0 Å². The van der Waals surface area contributed by atoms with E-state index in [1.165, 1.54) is 0 Å². The van der Waals surface area contributed by atoms with Crippen LogP contribution >= 0.6 is 0 Å². The van der Waals surface area contributed by atoms with Crippen molar-refractivity contribution in [2.45, 2.75) is 5.79 Å². The molecular weight excluding hydrogens is 240 g/mol. The highest BCUT2D eigenvalue weighted by Crippen LogP contribution is 2.47. The first-order valence-corrected chi connectivity index (χ1v) is 4.01. The van der Waals surface area contributed by atoms with E-state index in [1.54, 1.807) is 0 Å². The second-order valence-corrected chi connectivity index (χ2v) is 3.03. The standard InChI is InChI=1S/C8H8O9/c9-3-1-2(4(10)6(12)5(3)11)8(15,17-16)7(13)14/h1,9-12,15-16H,(H,13,14). The van der Waals surface area contributed by atoms with Crippen molar-refractivity contribution in [2.75, 3.05) is 0 Å². The molecular formula is C8H8O9. The Balaban J connectivity index is 3.57. The van der Waals surface area contributed by atoms with E-state index < -0.39 is 40.3 Å². The van der Waals surface area contributed by atoms with E-state index in [4.69, 9.17) is 25.7 Å². The monoisotopic (exact) mass is 248 g/mol. The van der Waals surface area contributed by atoms with Gasteiger partial charge in [0.1, 0.15) is 0 Å². The molecule has 0 aliphatic rings. The smallest absolute Gasteiger partial charge is 0.372 e. The summed E-state index contributed by atoms with van der Waals surface area (Å²) in [5.41, 5.74) is -1.07. The Morgan fingerprint density at radius 3 is 2.06 bits per heavy atom. The maximum atomic E-state index is 10.6. The quantitative estimate of drug-likeness (QED) is 0.119. The normalized spacial score (nSPS) is 14.2. The number of phenolic OH excluding ortho intramolecular Hbond substituents is 4. The fourth-order valence-corrected chi connectivity index (χ4v) is 1.10. The Labute approximate surface area is 92.9 Å². The first-order chi connectivity index (χ1) is 7.75. The van der Waals surface area contributed by atoms with E-state index in [0.717, 1.165) is 0 Å². The number of rotatable bonds is 3. The van der Waals surface area contributed by atoms with Crippen molar-refractivity contribution in [1.29, 1.82) is 0 Å². The average Bonchev–Trinajstić information content (AvgIpc) is 2.29. The second-order valence-electron chi connectivity index (χ2n) is 3.03. The van der Waals surface area contributed by atoms with Crippen LogP contribution in [0.25, 0.3) is 0 Å². The molecule has 0 aliphatic carbocycles. The van der Waals surface area contributed by atoms with Crippen LogP contribution in [-0.2, 0) is 15.5 Å². The summed E-state index contributed by atoms with van der Waals surface area (Å²) in [4.78, 5) is 13.9. The van der Waals surface area contributed by atoms with Gasteiger partial charge in [0, 0.05) is 0 Å². The largest absolute Gasteiger partial charge is 0.504 e. The number of phenols is 4. The first-order valence-electron chi connectivity index (χ1n) is 4.01.